The minimum atomic E-state index is -0.235. The number of hydrogen-bond acceptors (Lipinski definition) is 2. The van der Waals surface area contributed by atoms with Crippen molar-refractivity contribution in [1.82, 2.24) is 4.90 Å². The molecule has 0 saturated carbocycles. The summed E-state index contributed by atoms with van der Waals surface area (Å²) in [4.78, 5) is 14.8. The molecule has 2 aromatic carbocycles. The third kappa shape index (κ3) is 4.06. The van der Waals surface area contributed by atoms with Crippen molar-refractivity contribution in [2.75, 3.05) is 13.1 Å². The maximum absolute atomic E-state index is 13.3. The number of piperidine rings is 1. The lowest BCUT2D eigenvalue weighted by atomic mass is 9.89. The molecular formula is C19H19BrFNO. The predicted octanol–water partition coefficient (Wildman–Crippen LogP) is 4.68. The Bertz CT molecular complexity index is 681. The van der Waals surface area contributed by atoms with E-state index >= 15 is 0 Å². The average molecular weight is 376 g/mol. The van der Waals surface area contributed by atoms with Gasteiger partial charge in [-0.1, -0.05) is 36.4 Å². The van der Waals surface area contributed by atoms with Crippen LogP contribution in [0.25, 0.3) is 0 Å². The summed E-state index contributed by atoms with van der Waals surface area (Å²) in [6.45, 7) is 2.60. The van der Waals surface area contributed by atoms with Gasteiger partial charge in [0.05, 0.1) is 4.47 Å². The Kier molecular flexibility index (Phi) is 5.23. The fraction of sp³-hybridized carbons (Fsp3) is 0.316. The second-order valence-electron chi connectivity index (χ2n) is 6.03. The standard InChI is InChI=1S/C19H19BrFNO/c20-17-12-14(6-7-18(17)21)13-22-10-8-16(9-11-22)19(23)15-4-2-1-3-5-15/h1-7,12,16H,8-11,13H2. The fourth-order valence-electron chi connectivity index (χ4n) is 3.09. The summed E-state index contributed by atoms with van der Waals surface area (Å²) in [5.41, 5.74) is 1.90. The Morgan fingerprint density at radius 3 is 2.48 bits per heavy atom. The van der Waals surface area contributed by atoms with Gasteiger partial charge in [0.2, 0.25) is 0 Å². The van der Waals surface area contributed by atoms with Crippen LogP contribution in [0.2, 0.25) is 0 Å². The monoisotopic (exact) mass is 375 g/mol. The van der Waals surface area contributed by atoms with E-state index in [1.807, 2.05) is 42.5 Å². The largest absolute Gasteiger partial charge is 0.299 e. The number of likely N-dealkylation sites (tertiary alicyclic amines) is 1. The molecule has 0 atom stereocenters. The molecule has 1 fully saturated rings. The summed E-state index contributed by atoms with van der Waals surface area (Å²) in [5, 5.41) is 0. The van der Waals surface area contributed by atoms with Crippen molar-refractivity contribution in [3.63, 3.8) is 0 Å². The van der Waals surface area contributed by atoms with Gasteiger partial charge in [0.15, 0.2) is 5.78 Å². The van der Waals surface area contributed by atoms with Gasteiger partial charge in [0.25, 0.3) is 0 Å². The second-order valence-corrected chi connectivity index (χ2v) is 6.88. The molecule has 0 bridgehead atoms. The molecule has 0 spiro atoms. The summed E-state index contributed by atoms with van der Waals surface area (Å²) < 4.78 is 13.8. The van der Waals surface area contributed by atoms with Crippen LogP contribution >= 0.6 is 15.9 Å². The maximum atomic E-state index is 13.3. The summed E-state index contributed by atoms with van der Waals surface area (Å²) >= 11 is 3.23. The van der Waals surface area contributed by atoms with Crippen LogP contribution in [0.5, 0.6) is 0 Å². The van der Waals surface area contributed by atoms with Gasteiger partial charge in [-0.2, -0.15) is 0 Å². The summed E-state index contributed by atoms with van der Waals surface area (Å²) in [7, 11) is 0. The van der Waals surface area contributed by atoms with Crippen molar-refractivity contribution >= 4 is 21.7 Å². The first kappa shape index (κ1) is 16.3. The van der Waals surface area contributed by atoms with Gasteiger partial charge in [-0.05, 0) is 59.6 Å². The Morgan fingerprint density at radius 2 is 1.83 bits per heavy atom. The quantitative estimate of drug-likeness (QED) is 0.722. The lowest BCUT2D eigenvalue weighted by molar-refractivity contribution is 0.0835. The van der Waals surface area contributed by atoms with Crippen LogP contribution in [0.3, 0.4) is 0 Å². The van der Waals surface area contributed by atoms with E-state index in [4.69, 9.17) is 0 Å². The number of halogens is 2. The molecule has 4 heteroatoms. The molecule has 120 valence electrons. The number of Topliss-reactive ketones (excluding diaryl/α,β-unsaturated/α-hetero) is 1. The zero-order valence-electron chi connectivity index (χ0n) is 12.8. The number of hydrogen-bond donors (Lipinski definition) is 0. The molecule has 1 aliphatic heterocycles. The Morgan fingerprint density at radius 1 is 1.13 bits per heavy atom. The average Bonchev–Trinajstić information content (AvgIpc) is 2.59. The van der Waals surface area contributed by atoms with E-state index in [-0.39, 0.29) is 17.5 Å². The van der Waals surface area contributed by atoms with Gasteiger partial charge in [-0.25, -0.2) is 4.39 Å². The molecule has 1 saturated heterocycles. The lowest BCUT2D eigenvalue weighted by Gasteiger charge is -2.31. The minimum Gasteiger partial charge on any atom is -0.299 e. The smallest absolute Gasteiger partial charge is 0.166 e. The summed E-state index contributed by atoms with van der Waals surface area (Å²) in [6.07, 6.45) is 1.77. The van der Waals surface area contributed by atoms with E-state index in [0.29, 0.717) is 4.47 Å². The summed E-state index contributed by atoms with van der Waals surface area (Å²) in [6, 6.07) is 14.7. The molecule has 3 rings (SSSR count). The first-order chi connectivity index (χ1) is 11.1. The zero-order chi connectivity index (χ0) is 16.2. The van der Waals surface area contributed by atoms with Crippen molar-refractivity contribution in [3.05, 3.63) is 69.9 Å². The second kappa shape index (κ2) is 7.37. The van der Waals surface area contributed by atoms with Crippen molar-refractivity contribution < 1.29 is 9.18 Å². The van der Waals surface area contributed by atoms with Crippen molar-refractivity contribution in [2.24, 2.45) is 5.92 Å². The number of ketones is 1. The van der Waals surface area contributed by atoms with E-state index in [2.05, 4.69) is 20.8 Å². The van der Waals surface area contributed by atoms with Gasteiger partial charge in [-0.3, -0.25) is 9.69 Å². The first-order valence-electron chi connectivity index (χ1n) is 7.89. The Balaban J connectivity index is 1.56. The van der Waals surface area contributed by atoms with Gasteiger partial charge >= 0.3 is 0 Å². The van der Waals surface area contributed by atoms with Crippen LogP contribution in [0.4, 0.5) is 4.39 Å². The van der Waals surface area contributed by atoms with Crippen LogP contribution in [0, 0.1) is 11.7 Å². The number of nitrogens with zero attached hydrogens (tertiary/aromatic N) is 1. The Labute approximate surface area is 144 Å². The molecule has 2 aromatic rings. The molecule has 1 aliphatic rings. The number of benzene rings is 2. The molecule has 0 amide bonds. The van der Waals surface area contributed by atoms with Crippen molar-refractivity contribution in [2.45, 2.75) is 19.4 Å². The minimum absolute atomic E-state index is 0.119. The highest BCUT2D eigenvalue weighted by Crippen LogP contribution is 2.24. The molecular weight excluding hydrogens is 357 g/mol. The number of carbonyl (C=O) groups is 1. The molecule has 23 heavy (non-hydrogen) atoms. The topological polar surface area (TPSA) is 20.3 Å². The van der Waals surface area contributed by atoms with Gasteiger partial charge < -0.3 is 0 Å². The van der Waals surface area contributed by atoms with Gasteiger partial charge in [0.1, 0.15) is 5.82 Å². The third-order valence-electron chi connectivity index (χ3n) is 4.41. The SMILES string of the molecule is O=C(c1ccccc1)C1CCN(Cc2ccc(F)c(Br)c2)CC1. The normalized spacial score (nSPS) is 16.4. The highest BCUT2D eigenvalue weighted by atomic mass is 79.9. The highest BCUT2D eigenvalue weighted by molar-refractivity contribution is 9.10. The highest BCUT2D eigenvalue weighted by Gasteiger charge is 2.25. The van der Waals surface area contributed by atoms with E-state index in [1.165, 1.54) is 6.07 Å². The Hall–Kier alpha value is -1.52. The van der Waals surface area contributed by atoms with Crippen LogP contribution in [-0.4, -0.2) is 23.8 Å². The predicted molar refractivity (Wildman–Crippen MR) is 92.9 cm³/mol. The van der Waals surface area contributed by atoms with Crippen LogP contribution < -0.4 is 0 Å². The molecule has 1 heterocycles. The van der Waals surface area contributed by atoms with E-state index < -0.39 is 0 Å². The molecule has 0 aliphatic carbocycles. The molecule has 0 radical (unpaired) electrons. The molecule has 0 unspecified atom stereocenters. The maximum Gasteiger partial charge on any atom is 0.166 e. The van der Waals surface area contributed by atoms with Crippen molar-refractivity contribution in [3.8, 4) is 0 Å². The van der Waals surface area contributed by atoms with Crippen molar-refractivity contribution in [1.29, 1.82) is 0 Å². The van der Waals surface area contributed by atoms with Crippen LogP contribution in [0.15, 0.2) is 53.0 Å². The number of rotatable bonds is 4. The van der Waals surface area contributed by atoms with Crippen LogP contribution in [0.1, 0.15) is 28.8 Å². The number of carbonyl (C=O) groups excluding carboxylic acids is 1. The van der Waals surface area contributed by atoms with E-state index in [1.54, 1.807) is 0 Å². The van der Waals surface area contributed by atoms with Crippen LogP contribution in [-0.2, 0) is 6.54 Å². The third-order valence-corrected chi connectivity index (χ3v) is 5.01. The zero-order valence-corrected chi connectivity index (χ0v) is 14.4. The fourth-order valence-corrected chi connectivity index (χ4v) is 3.51. The molecule has 2 nitrogen and oxygen atoms in total. The molecule has 0 N–H and O–H groups in total. The van der Waals surface area contributed by atoms with E-state index in [9.17, 15) is 9.18 Å². The van der Waals surface area contributed by atoms with Gasteiger partial charge in [-0.15, -0.1) is 0 Å². The first-order valence-corrected chi connectivity index (χ1v) is 8.68. The molecule has 0 aromatic heterocycles. The summed E-state index contributed by atoms with van der Waals surface area (Å²) in [5.74, 6) is 0.143. The van der Waals surface area contributed by atoms with Gasteiger partial charge in [0, 0.05) is 18.0 Å². The lowest BCUT2D eigenvalue weighted by Crippen LogP contribution is -2.35. The van der Waals surface area contributed by atoms with E-state index in [0.717, 1.165) is 43.6 Å².